The van der Waals surface area contributed by atoms with E-state index in [2.05, 4.69) is 0 Å². The maximum absolute atomic E-state index is 12.6. The molecular formula is C12H13F3O2. The molecule has 2 rings (SSSR count). The molecule has 1 N–H and O–H groups in total. The Kier molecular flexibility index (Phi) is 2.81. The lowest BCUT2D eigenvalue weighted by Crippen LogP contribution is -2.12. The van der Waals surface area contributed by atoms with E-state index < -0.39 is 17.3 Å². The van der Waals surface area contributed by atoms with Crippen molar-refractivity contribution in [2.75, 3.05) is 7.11 Å². The molecule has 2 nitrogen and oxygen atoms in total. The van der Waals surface area contributed by atoms with Gasteiger partial charge in [0, 0.05) is 6.42 Å². The van der Waals surface area contributed by atoms with Crippen LogP contribution in [0.1, 0.15) is 24.0 Å². The molecule has 0 radical (unpaired) electrons. The number of alkyl halides is 3. The minimum atomic E-state index is -4.42. The summed E-state index contributed by atoms with van der Waals surface area (Å²) in [5.74, 6) is -0.195. The van der Waals surface area contributed by atoms with Crippen molar-refractivity contribution >= 4 is 0 Å². The van der Waals surface area contributed by atoms with Crippen molar-refractivity contribution in [1.82, 2.24) is 0 Å². The lowest BCUT2D eigenvalue weighted by molar-refractivity contribution is -0.138. The number of rotatable bonds is 3. The van der Waals surface area contributed by atoms with Gasteiger partial charge in [-0.15, -0.1) is 0 Å². The van der Waals surface area contributed by atoms with Gasteiger partial charge in [0.05, 0.1) is 18.3 Å². The topological polar surface area (TPSA) is 29.5 Å². The molecule has 0 bridgehead atoms. The fourth-order valence-electron chi connectivity index (χ4n) is 1.78. The SMILES string of the molecule is COc1cc(CC2(O)CC2)ccc1C(F)(F)F. The Balaban J connectivity index is 2.27. The van der Waals surface area contributed by atoms with Crippen LogP contribution in [0.4, 0.5) is 13.2 Å². The van der Waals surface area contributed by atoms with E-state index in [0.717, 1.165) is 6.07 Å². The predicted molar refractivity (Wildman–Crippen MR) is 55.9 cm³/mol. The Morgan fingerprint density at radius 3 is 2.47 bits per heavy atom. The second-order valence-electron chi connectivity index (χ2n) is 4.43. The third-order valence-corrected chi connectivity index (χ3v) is 2.93. The van der Waals surface area contributed by atoms with Gasteiger partial charge in [0.25, 0.3) is 0 Å². The van der Waals surface area contributed by atoms with Crippen LogP contribution in [0.3, 0.4) is 0 Å². The van der Waals surface area contributed by atoms with Crippen LogP contribution in [0, 0.1) is 0 Å². The van der Waals surface area contributed by atoms with Crippen molar-refractivity contribution in [3.05, 3.63) is 29.3 Å². The first-order chi connectivity index (χ1) is 7.84. The first kappa shape index (κ1) is 12.2. The highest BCUT2D eigenvalue weighted by Crippen LogP contribution is 2.41. The summed E-state index contributed by atoms with van der Waals surface area (Å²) in [6.45, 7) is 0. The van der Waals surface area contributed by atoms with Gasteiger partial charge in [0.2, 0.25) is 0 Å². The zero-order chi connectivity index (χ0) is 12.7. The minimum absolute atomic E-state index is 0.195. The van der Waals surface area contributed by atoms with E-state index in [0.29, 0.717) is 24.8 Å². The van der Waals surface area contributed by atoms with Gasteiger partial charge in [0.1, 0.15) is 5.75 Å². The quantitative estimate of drug-likeness (QED) is 0.888. The molecule has 0 spiro atoms. The van der Waals surface area contributed by atoms with Crippen LogP contribution in [0.5, 0.6) is 5.75 Å². The molecule has 1 fully saturated rings. The van der Waals surface area contributed by atoms with E-state index in [9.17, 15) is 18.3 Å². The van der Waals surface area contributed by atoms with Crippen molar-refractivity contribution in [2.45, 2.75) is 31.0 Å². The predicted octanol–water partition coefficient (Wildman–Crippen LogP) is 2.78. The van der Waals surface area contributed by atoms with E-state index in [1.54, 1.807) is 0 Å². The minimum Gasteiger partial charge on any atom is -0.496 e. The summed E-state index contributed by atoms with van der Waals surface area (Å²) < 4.78 is 42.5. The number of methoxy groups -OCH3 is 1. The van der Waals surface area contributed by atoms with E-state index >= 15 is 0 Å². The summed E-state index contributed by atoms with van der Waals surface area (Å²) in [5.41, 5.74) is -0.841. The Labute approximate surface area is 97.0 Å². The molecule has 0 unspecified atom stereocenters. The summed E-state index contributed by atoms with van der Waals surface area (Å²) in [7, 11) is 1.21. The Morgan fingerprint density at radius 2 is 2.00 bits per heavy atom. The van der Waals surface area contributed by atoms with Crippen molar-refractivity contribution in [3.8, 4) is 5.75 Å². The average Bonchev–Trinajstić information content (AvgIpc) is 2.94. The van der Waals surface area contributed by atoms with Crippen molar-refractivity contribution in [1.29, 1.82) is 0 Å². The number of benzene rings is 1. The largest absolute Gasteiger partial charge is 0.496 e. The summed E-state index contributed by atoms with van der Waals surface area (Å²) in [6, 6.07) is 3.74. The molecule has 0 aliphatic heterocycles. The standard InChI is InChI=1S/C12H13F3O2/c1-17-10-6-8(7-11(16)4-5-11)2-3-9(10)12(13,14)15/h2-3,6,16H,4-5,7H2,1H3. The maximum atomic E-state index is 12.6. The van der Waals surface area contributed by atoms with Crippen molar-refractivity contribution in [3.63, 3.8) is 0 Å². The van der Waals surface area contributed by atoms with Crippen LogP contribution in [-0.4, -0.2) is 17.8 Å². The van der Waals surface area contributed by atoms with Gasteiger partial charge in [-0.05, 0) is 30.5 Å². The van der Waals surface area contributed by atoms with Crippen molar-refractivity contribution < 1.29 is 23.0 Å². The molecule has 5 heteroatoms. The highest BCUT2D eigenvalue weighted by Gasteiger charge is 2.40. The third kappa shape index (κ3) is 2.72. The fourth-order valence-corrected chi connectivity index (χ4v) is 1.78. The van der Waals surface area contributed by atoms with Crippen LogP contribution in [0.2, 0.25) is 0 Å². The number of aliphatic hydroxyl groups is 1. The summed E-state index contributed by atoms with van der Waals surface area (Å²) in [4.78, 5) is 0. The zero-order valence-corrected chi connectivity index (χ0v) is 9.34. The third-order valence-electron chi connectivity index (χ3n) is 2.93. The van der Waals surface area contributed by atoms with E-state index in [1.165, 1.54) is 19.2 Å². The fraction of sp³-hybridized carbons (Fsp3) is 0.500. The number of ether oxygens (including phenoxy) is 1. The molecule has 0 aromatic heterocycles. The zero-order valence-electron chi connectivity index (χ0n) is 9.34. The molecule has 1 aliphatic rings. The van der Waals surface area contributed by atoms with Gasteiger partial charge in [-0.3, -0.25) is 0 Å². The van der Waals surface area contributed by atoms with Gasteiger partial charge in [-0.2, -0.15) is 13.2 Å². The molecule has 0 saturated heterocycles. The molecule has 1 aromatic rings. The summed E-state index contributed by atoms with van der Waals surface area (Å²) in [5, 5.41) is 9.71. The Bertz CT molecular complexity index is 422. The number of hydrogen-bond acceptors (Lipinski definition) is 2. The molecule has 1 aromatic carbocycles. The lowest BCUT2D eigenvalue weighted by Gasteiger charge is -2.14. The van der Waals surface area contributed by atoms with Crippen LogP contribution in [0.25, 0.3) is 0 Å². The van der Waals surface area contributed by atoms with E-state index in [4.69, 9.17) is 4.74 Å². The van der Waals surface area contributed by atoms with Crippen LogP contribution in [0.15, 0.2) is 18.2 Å². The van der Waals surface area contributed by atoms with E-state index in [1.807, 2.05) is 0 Å². The number of hydrogen-bond donors (Lipinski definition) is 1. The highest BCUT2D eigenvalue weighted by molar-refractivity contribution is 5.40. The van der Waals surface area contributed by atoms with Gasteiger partial charge < -0.3 is 9.84 Å². The van der Waals surface area contributed by atoms with Crippen LogP contribution < -0.4 is 4.74 Å². The molecule has 0 heterocycles. The molecule has 1 saturated carbocycles. The Morgan fingerprint density at radius 1 is 1.35 bits per heavy atom. The van der Waals surface area contributed by atoms with Gasteiger partial charge in [0.15, 0.2) is 0 Å². The second kappa shape index (κ2) is 3.91. The van der Waals surface area contributed by atoms with Gasteiger partial charge in [-0.1, -0.05) is 6.07 Å². The van der Waals surface area contributed by atoms with E-state index in [-0.39, 0.29) is 5.75 Å². The van der Waals surface area contributed by atoms with Crippen molar-refractivity contribution in [2.24, 2.45) is 0 Å². The molecule has 0 amide bonds. The summed E-state index contributed by atoms with van der Waals surface area (Å²) in [6.07, 6.45) is -2.63. The van der Waals surface area contributed by atoms with Gasteiger partial charge >= 0.3 is 6.18 Å². The molecular weight excluding hydrogens is 233 g/mol. The second-order valence-corrected chi connectivity index (χ2v) is 4.43. The smallest absolute Gasteiger partial charge is 0.419 e. The molecule has 1 aliphatic carbocycles. The molecule has 94 valence electrons. The van der Waals surface area contributed by atoms with Gasteiger partial charge in [-0.25, -0.2) is 0 Å². The Hall–Kier alpha value is -1.23. The van der Waals surface area contributed by atoms with Crippen LogP contribution in [-0.2, 0) is 12.6 Å². The molecule has 17 heavy (non-hydrogen) atoms. The highest BCUT2D eigenvalue weighted by atomic mass is 19.4. The molecule has 0 atom stereocenters. The lowest BCUT2D eigenvalue weighted by atomic mass is 10.0. The summed E-state index contributed by atoms with van der Waals surface area (Å²) >= 11 is 0. The monoisotopic (exact) mass is 246 g/mol. The first-order valence-corrected chi connectivity index (χ1v) is 5.31. The number of halogens is 3. The average molecular weight is 246 g/mol. The first-order valence-electron chi connectivity index (χ1n) is 5.31. The maximum Gasteiger partial charge on any atom is 0.419 e. The normalized spacial score (nSPS) is 17.9. The van der Waals surface area contributed by atoms with Crippen LogP contribution >= 0.6 is 0 Å².